The Balaban J connectivity index is 2.69. The van der Waals surface area contributed by atoms with E-state index >= 15 is 0 Å². The van der Waals surface area contributed by atoms with Gasteiger partial charge in [-0.3, -0.25) is 0 Å². The molecule has 0 unspecified atom stereocenters. The normalized spacial score (nSPS) is 10.4. The molecule has 0 aliphatic carbocycles. The molecule has 72 valence electrons. The van der Waals surface area contributed by atoms with Crippen molar-refractivity contribution in [2.24, 2.45) is 0 Å². The van der Waals surface area contributed by atoms with Gasteiger partial charge in [0.05, 0.1) is 11.1 Å². The Kier molecular flexibility index (Phi) is 2.73. The molecular weight excluding hydrogens is 240 g/mol. The van der Waals surface area contributed by atoms with Crippen LogP contribution in [0.2, 0.25) is 0 Å². The first-order valence-corrected chi connectivity index (χ1v) is 5.42. The number of rotatable bonds is 2. The number of hydrogen-bond donors (Lipinski definition) is 0. The fourth-order valence-electron chi connectivity index (χ4n) is 1.51. The Bertz CT molecular complexity index is 451. The van der Waals surface area contributed by atoms with Gasteiger partial charge in [-0.15, -0.1) is 0 Å². The van der Waals surface area contributed by atoms with Gasteiger partial charge in [-0.25, -0.2) is 0 Å². The molecule has 0 amide bonds. The number of benzene rings is 2. The first-order valence-electron chi connectivity index (χ1n) is 4.63. The molecule has 1 nitrogen and oxygen atoms in total. The maximum Gasteiger partial charge on any atom is 0.141 e. The molecule has 0 aliphatic rings. The Morgan fingerprint density at radius 1 is 1.14 bits per heavy atom. The Labute approximate surface area is 91.8 Å². The van der Waals surface area contributed by atoms with E-state index < -0.39 is 0 Å². The largest absolute Gasteiger partial charge is 0.492 e. The van der Waals surface area contributed by atoms with Crippen molar-refractivity contribution in [2.45, 2.75) is 6.92 Å². The van der Waals surface area contributed by atoms with E-state index in [2.05, 4.69) is 34.1 Å². The van der Waals surface area contributed by atoms with Crippen LogP contribution in [0.15, 0.2) is 40.9 Å². The van der Waals surface area contributed by atoms with Crippen molar-refractivity contribution in [3.63, 3.8) is 0 Å². The molecule has 14 heavy (non-hydrogen) atoms. The first kappa shape index (κ1) is 9.53. The summed E-state index contributed by atoms with van der Waals surface area (Å²) in [5.74, 6) is 0.936. The van der Waals surface area contributed by atoms with Gasteiger partial charge in [-0.05, 0) is 34.3 Å². The number of halogens is 1. The summed E-state index contributed by atoms with van der Waals surface area (Å²) < 4.78 is 6.62. The fourth-order valence-corrected chi connectivity index (χ4v) is 1.97. The van der Waals surface area contributed by atoms with Crippen LogP contribution in [-0.2, 0) is 0 Å². The van der Waals surface area contributed by atoms with Crippen LogP contribution >= 0.6 is 15.9 Å². The molecule has 0 saturated carbocycles. The van der Waals surface area contributed by atoms with E-state index in [9.17, 15) is 0 Å². The molecule has 0 atom stereocenters. The lowest BCUT2D eigenvalue weighted by Crippen LogP contribution is -1.93. The third-order valence-electron chi connectivity index (χ3n) is 2.12. The smallest absolute Gasteiger partial charge is 0.141 e. The summed E-state index contributed by atoms with van der Waals surface area (Å²) in [7, 11) is 0. The summed E-state index contributed by atoms with van der Waals surface area (Å²) in [5, 5.41) is 2.36. The monoisotopic (exact) mass is 250 g/mol. The highest BCUT2D eigenvalue weighted by atomic mass is 79.9. The van der Waals surface area contributed by atoms with Crippen molar-refractivity contribution in [1.82, 2.24) is 0 Å². The molecule has 0 aromatic heterocycles. The summed E-state index contributed by atoms with van der Waals surface area (Å²) in [6, 6.07) is 12.3. The Morgan fingerprint density at radius 2 is 1.93 bits per heavy atom. The molecule has 0 aliphatic heterocycles. The van der Waals surface area contributed by atoms with Crippen LogP contribution in [0, 0.1) is 0 Å². The van der Waals surface area contributed by atoms with E-state index in [4.69, 9.17) is 4.74 Å². The van der Waals surface area contributed by atoms with E-state index in [1.165, 1.54) is 5.39 Å². The summed E-state index contributed by atoms with van der Waals surface area (Å²) >= 11 is 3.49. The predicted molar refractivity (Wildman–Crippen MR) is 62.8 cm³/mol. The van der Waals surface area contributed by atoms with Crippen LogP contribution in [0.5, 0.6) is 5.75 Å². The lowest BCUT2D eigenvalue weighted by molar-refractivity contribution is 0.342. The zero-order chi connectivity index (χ0) is 9.97. The average molecular weight is 251 g/mol. The van der Waals surface area contributed by atoms with Crippen molar-refractivity contribution in [2.75, 3.05) is 6.61 Å². The summed E-state index contributed by atoms with van der Waals surface area (Å²) in [6.45, 7) is 2.68. The lowest BCUT2D eigenvalue weighted by atomic mass is 10.1. The van der Waals surface area contributed by atoms with E-state index in [-0.39, 0.29) is 0 Å². The van der Waals surface area contributed by atoms with E-state index in [1.54, 1.807) is 0 Å². The maximum atomic E-state index is 5.60. The Morgan fingerprint density at radius 3 is 2.71 bits per heavy atom. The average Bonchev–Trinajstić information content (AvgIpc) is 2.23. The predicted octanol–water partition coefficient (Wildman–Crippen LogP) is 4.00. The highest BCUT2D eigenvalue weighted by Crippen LogP contribution is 2.33. The molecule has 0 saturated heterocycles. The highest BCUT2D eigenvalue weighted by Gasteiger charge is 2.05. The minimum atomic E-state index is 0.687. The fraction of sp³-hybridized carbons (Fsp3) is 0.167. The number of hydrogen-bond acceptors (Lipinski definition) is 1. The van der Waals surface area contributed by atoms with Gasteiger partial charge >= 0.3 is 0 Å². The summed E-state index contributed by atoms with van der Waals surface area (Å²) in [6.07, 6.45) is 0. The van der Waals surface area contributed by atoms with Crippen molar-refractivity contribution in [3.8, 4) is 5.75 Å². The summed E-state index contributed by atoms with van der Waals surface area (Å²) in [5.41, 5.74) is 0. The molecule has 2 rings (SSSR count). The molecule has 0 radical (unpaired) electrons. The molecule has 2 aromatic carbocycles. The van der Waals surface area contributed by atoms with Gasteiger partial charge in [0, 0.05) is 5.39 Å². The van der Waals surface area contributed by atoms with Gasteiger partial charge in [0.25, 0.3) is 0 Å². The van der Waals surface area contributed by atoms with Gasteiger partial charge in [0.2, 0.25) is 0 Å². The van der Waals surface area contributed by atoms with Crippen LogP contribution in [0.4, 0.5) is 0 Å². The van der Waals surface area contributed by atoms with E-state index in [1.807, 2.05) is 25.1 Å². The molecular formula is C12H11BrO. The third-order valence-corrected chi connectivity index (χ3v) is 2.74. The molecule has 0 heterocycles. The minimum Gasteiger partial charge on any atom is -0.492 e. The Hall–Kier alpha value is -1.02. The van der Waals surface area contributed by atoms with Gasteiger partial charge in [-0.2, -0.15) is 0 Å². The SMILES string of the molecule is CCOc1c(Br)ccc2ccccc12. The molecule has 0 fully saturated rings. The van der Waals surface area contributed by atoms with Crippen LogP contribution in [0.3, 0.4) is 0 Å². The van der Waals surface area contributed by atoms with Gasteiger partial charge in [0.15, 0.2) is 0 Å². The number of ether oxygens (including phenoxy) is 1. The standard InChI is InChI=1S/C12H11BrO/c1-2-14-12-10-6-4-3-5-9(10)7-8-11(12)13/h3-8H,2H2,1H3. The quantitative estimate of drug-likeness (QED) is 0.783. The highest BCUT2D eigenvalue weighted by molar-refractivity contribution is 9.10. The molecule has 0 spiro atoms. The van der Waals surface area contributed by atoms with Gasteiger partial charge in [-0.1, -0.05) is 30.3 Å². The van der Waals surface area contributed by atoms with Gasteiger partial charge in [0.1, 0.15) is 5.75 Å². The van der Waals surface area contributed by atoms with Crippen molar-refractivity contribution in [1.29, 1.82) is 0 Å². The second kappa shape index (κ2) is 4.01. The van der Waals surface area contributed by atoms with Crippen LogP contribution < -0.4 is 4.74 Å². The lowest BCUT2D eigenvalue weighted by Gasteiger charge is -2.09. The maximum absolute atomic E-state index is 5.60. The van der Waals surface area contributed by atoms with Crippen molar-refractivity contribution >= 4 is 26.7 Å². The van der Waals surface area contributed by atoms with Crippen LogP contribution in [0.25, 0.3) is 10.8 Å². The molecule has 2 aromatic rings. The summed E-state index contributed by atoms with van der Waals surface area (Å²) in [4.78, 5) is 0. The second-order valence-electron chi connectivity index (χ2n) is 3.03. The van der Waals surface area contributed by atoms with Crippen molar-refractivity contribution < 1.29 is 4.74 Å². The zero-order valence-corrected chi connectivity index (χ0v) is 9.54. The van der Waals surface area contributed by atoms with Crippen LogP contribution in [0.1, 0.15) is 6.92 Å². The molecule has 0 bridgehead atoms. The molecule has 2 heteroatoms. The van der Waals surface area contributed by atoms with Crippen molar-refractivity contribution in [3.05, 3.63) is 40.9 Å². The van der Waals surface area contributed by atoms with E-state index in [0.717, 1.165) is 15.6 Å². The minimum absolute atomic E-state index is 0.687. The van der Waals surface area contributed by atoms with Gasteiger partial charge < -0.3 is 4.74 Å². The topological polar surface area (TPSA) is 9.23 Å². The second-order valence-corrected chi connectivity index (χ2v) is 3.88. The first-order chi connectivity index (χ1) is 6.83. The molecule has 0 N–H and O–H groups in total. The number of fused-ring (bicyclic) bond motifs is 1. The van der Waals surface area contributed by atoms with Crippen LogP contribution in [-0.4, -0.2) is 6.61 Å². The third kappa shape index (κ3) is 1.62. The van der Waals surface area contributed by atoms with E-state index in [0.29, 0.717) is 6.61 Å². The zero-order valence-electron chi connectivity index (χ0n) is 7.96.